The zero-order chi connectivity index (χ0) is 13.5. The topological polar surface area (TPSA) is 112 Å². The Balaban J connectivity index is 2.75. The third-order valence-electron chi connectivity index (χ3n) is 2.20. The summed E-state index contributed by atoms with van der Waals surface area (Å²) >= 11 is 0. The van der Waals surface area contributed by atoms with Gasteiger partial charge in [0.2, 0.25) is 5.91 Å². The molecule has 1 heterocycles. The number of nitrogens with zero attached hydrogens (tertiary/aromatic N) is 3. The van der Waals surface area contributed by atoms with E-state index in [1.165, 1.54) is 11.6 Å². The van der Waals surface area contributed by atoms with Crippen LogP contribution in [0.15, 0.2) is 0 Å². The van der Waals surface area contributed by atoms with Crippen LogP contribution in [0, 0.1) is 0 Å². The fraction of sp³-hybridized carbons (Fsp3) is 0.600. The number of carbonyl (C=O) groups excluding carboxylic acids is 2. The fourth-order valence-electron chi connectivity index (χ4n) is 1.41. The number of nitrogens with one attached hydrogen (secondary N) is 1. The van der Waals surface area contributed by atoms with Gasteiger partial charge in [-0.05, 0) is 6.92 Å². The summed E-state index contributed by atoms with van der Waals surface area (Å²) in [7, 11) is 0. The van der Waals surface area contributed by atoms with Crippen LogP contribution in [0.5, 0.6) is 0 Å². The van der Waals surface area contributed by atoms with Crippen LogP contribution in [0.2, 0.25) is 0 Å². The standard InChI is InChI=1S/C10H17N5O3/c1-3-18-10(17)9-8(6-11)15(14-13-9)5-4-12-7(2)16/h3-6,11H2,1-2H3,(H,12,16). The molecule has 3 N–H and O–H groups in total. The smallest absolute Gasteiger partial charge is 0.360 e. The highest BCUT2D eigenvalue weighted by atomic mass is 16.5. The van der Waals surface area contributed by atoms with E-state index < -0.39 is 5.97 Å². The van der Waals surface area contributed by atoms with Crippen molar-refractivity contribution in [2.75, 3.05) is 13.2 Å². The third-order valence-corrected chi connectivity index (χ3v) is 2.20. The quantitative estimate of drug-likeness (QED) is 0.634. The molecule has 0 fully saturated rings. The van der Waals surface area contributed by atoms with Gasteiger partial charge >= 0.3 is 5.97 Å². The number of esters is 1. The Morgan fingerprint density at radius 1 is 1.50 bits per heavy atom. The van der Waals surface area contributed by atoms with E-state index in [0.717, 1.165) is 0 Å². The van der Waals surface area contributed by atoms with Crippen LogP contribution in [0.3, 0.4) is 0 Å². The maximum atomic E-state index is 11.6. The summed E-state index contributed by atoms with van der Waals surface area (Å²) in [4.78, 5) is 22.3. The molecule has 0 bridgehead atoms. The second-order valence-electron chi connectivity index (χ2n) is 3.52. The molecule has 0 aromatic carbocycles. The fourth-order valence-corrected chi connectivity index (χ4v) is 1.41. The van der Waals surface area contributed by atoms with E-state index in [1.54, 1.807) is 6.92 Å². The van der Waals surface area contributed by atoms with Crippen molar-refractivity contribution >= 4 is 11.9 Å². The minimum atomic E-state index is -0.538. The average molecular weight is 255 g/mol. The predicted octanol–water partition coefficient (Wildman–Crippen LogP) is -0.950. The third kappa shape index (κ3) is 3.52. The molecule has 1 rings (SSSR count). The minimum absolute atomic E-state index is 0.126. The number of rotatable bonds is 6. The number of hydrogen-bond donors (Lipinski definition) is 2. The van der Waals surface area contributed by atoms with Gasteiger partial charge in [0.25, 0.3) is 0 Å². The van der Waals surface area contributed by atoms with Crippen LogP contribution in [0.1, 0.15) is 30.0 Å². The summed E-state index contributed by atoms with van der Waals surface area (Å²) in [6, 6.07) is 0. The molecule has 8 nitrogen and oxygen atoms in total. The first kappa shape index (κ1) is 14.1. The Labute approximate surface area is 104 Å². The van der Waals surface area contributed by atoms with E-state index >= 15 is 0 Å². The Bertz CT molecular complexity index is 429. The highest BCUT2D eigenvalue weighted by Gasteiger charge is 2.19. The summed E-state index contributed by atoms with van der Waals surface area (Å²) in [5, 5.41) is 10.2. The summed E-state index contributed by atoms with van der Waals surface area (Å²) < 4.78 is 6.33. The van der Waals surface area contributed by atoms with E-state index in [0.29, 0.717) is 18.8 Å². The van der Waals surface area contributed by atoms with Gasteiger partial charge in [0.1, 0.15) is 0 Å². The van der Waals surface area contributed by atoms with Crippen molar-refractivity contribution in [3.05, 3.63) is 11.4 Å². The number of amides is 1. The van der Waals surface area contributed by atoms with E-state index in [-0.39, 0.29) is 24.8 Å². The van der Waals surface area contributed by atoms with E-state index in [2.05, 4.69) is 15.6 Å². The van der Waals surface area contributed by atoms with Crippen molar-refractivity contribution in [3.8, 4) is 0 Å². The maximum absolute atomic E-state index is 11.6. The van der Waals surface area contributed by atoms with Crippen LogP contribution in [-0.4, -0.2) is 40.0 Å². The van der Waals surface area contributed by atoms with Crippen molar-refractivity contribution in [1.29, 1.82) is 0 Å². The van der Waals surface area contributed by atoms with Crippen molar-refractivity contribution in [2.24, 2.45) is 5.73 Å². The second kappa shape index (κ2) is 6.70. The van der Waals surface area contributed by atoms with Crippen molar-refractivity contribution in [2.45, 2.75) is 26.9 Å². The number of ether oxygens (including phenoxy) is 1. The van der Waals surface area contributed by atoms with Crippen LogP contribution >= 0.6 is 0 Å². The molecule has 0 saturated carbocycles. The Morgan fingerprint density at radius 2 is 2.22 bits per heavy atom. The molecule has 8 heteroatoms. The Hall–Kier alpha value is -1.96. The molecule has 1 aromatic heterocycles. The zero-order valence-corrected chi connectivity index (χ0v) is 10.5. The number of carbonyl (C=O) groups is 2. The van der Waals surface area contributed by atoms with Gasteiger partial charge in [-0.25, -0.2) is 9.48 Å². The molecule has 1 aromatic rings. The van der Waals surface area contributed by atoms with Gasteiger partial charge in [0.05, 0.1) is 18.8 Å². The lowest BCUT2D eigenvalue weighted by molar-refractivity contribution is -0.119. The molecule has 0 unspecified atom stereocenters. The summed E-state index contributed by atoms with van der Waals surface area (Å²) in [6.45, 7) is 4.33. The number of nitrogens with two attached hydrogens (primary N) is 1. The van der Waals surface area contributed by atoms with Gasteiger partial charge < -0.3 is 15.8 Å². The highest BCUT2D eigenvalue weighted by molar-refractivity contribution is 5.88. The molecule has 0 saturated heterocycles. The van der Waals surface area contributed by atoms with Gasteiger partial charge in [-0.2, -0.15) is 0 Å². The van der Waals surface area contributed by atoms with Crippen LogP contribution in [0.4, 0.5) is 0 Å². The van der Waals surface area contributed by atoms with Crippen LogP contribution in [-0.2, 0) is 22.6 Å². The van der Waals surface area contributed by atoms with E-state index in [4.69, 9.17) is 10.5 Å². The Morgan fingerprint density at radius 3 is 2.78 bits per heavy atom. The Kier molecular flexibility index (Phi) is 5.25. The number of aromatic nitrogens is 3. The average Bonchev–Trinajstić information content (AvgIpc) is 2.72. The van der Waals surface area contributed by atoms with Gasteiger partial charge in [0.15, 0.2) is 5.69 Å². The molecule has 0 atom stereocenters. The summed E-state index contributed by atoms with van der Waals surface area (Å²) in [5.74, 6) is -0.668. The monoisotopic (exact) mass is 255 g/mol. The van der Waals surface area contributed by atoms with Crippen molar-refractivity contribution in [3.63, 3.8) is 0 Å². The van der Waals surface area contributed by atoms with Gasteiger partial charge in [-0.3, -0.25) is 4.79 Å². The van der Waals surface area contributed by atoms with Gasteiger partial charge in [-0.1, -0.05) is 5.21 Å². The lowest BCUT2D eigenvalue weighted by atomic mass is 10.3. The molecule has 18 heavy (non-hydrogen) atoms. The SMILES string of the molecule is CCOC(=O)c1nnn(CCNC(C)=O)c1CN. The molecule has 0 radical (unpaired) electrons. The van der Waals surface area contributed by atoms with Crippen LogP contribution < -0.4 is 11.1 Å². The zero-order valence-electron chi connectivity index (χ0n) is 10.5. The van der Waals surface area contributed by atoms with Gasteiger partial charge in [-0.15, -0.1) is 5.10 Å². The van der Waals surface area contributed by atoms with Crippen molar-refractivity contribution < 1.29 is 14.3 Å². The largest absolute Gasteiger partial charge is 0.461 e. The van der Waals surface area contributed by atoms with E-state index in [9.17, 15) is 9.59 Å². The summed E-state index contributed by atoms with van der Waals surface area (Å²) in [6.07, 6.45) is 0. The molecule has 0 aliphatic rings. The number of hydrogen-bond acceptors (Lipinski definition) is 6. The molecule has 1 amide bonds. The molecule has 100 valence electrons. The van der Waals surface area contributed by atoms with Crippen molar-refractivity contribution in [1.82, 2.24) is 20.3 Å². The maximum Gasteiger partial charge on any atom is 0.360 e. The normalized spacial score (nSPS) is 10.2. The summed E-state index contributed by atoms with van der Waals surface area (Å²) in [5.41, 5.74) is 6.19. The minimum Gasteiger partial charge on any atom is -0.461 e. The van der Waals surface area contributed by atoms with Gasteiger partial charge in [0, 0.05) is 20.0 Å². The molecule has 0 spiro atoms. The lowest BCUT2D eigenvalue weighted by Gasteiger charge is -2.06. The molecule has 0 aliphatic carbocycles. The highest BCUT2D eigenvalue weighted by Crippen LogP contribution is 2.06. The molecular weight excluding hydrogens is 238 g/mol. The first-order chi connectivity index (χ1) is 8.60. The first-order valence-corrected chi connectivity index (χ1v) is 5.64. The predicted molar refractivity (Wildman–Crippen MR) is 62.6 cm³/mol. The van der Waals surface area contributed by atoms with E-state index in [1.807, 2.05) is 0 Å². The molecular formula is C10H17N5O3. The van der Waals surface area contributed by atoms with Crippen LogP contribution in [0.25, 0.3) is 0 Å². The lowest BCUT2D eigenvalue weighted by Crippen LogP contribution is -2.26. The second-order valence-corrected chi connectivity index (χ2v) is 3.52. The molecule has 0 aliphatic heterocycles. The first-order valence-electron chi connectivity index (χ1n) is 5.64.